The maximum absolute atomic E-state index is 4.60. The molecular weight excluding hydrogens is 368 g/mol. The number of benzene rings is 1. The Morgan fingerprint density at radius 3 is 2.90 bits per heavy atom. The molecule has 1 unspecified atom stereocenters. The molecule has 1 aliphatic rings. The number of allylic oxidation sites excluding steroid dienone is 4. The summed E-state index contributed by atoms with van der Waals surface area (Å²) >= 11 is 0. The molecule has 2 aromatic heterocycles. The highest BCUT2D eigenvalue weighted by Gasteiger charge is 2.20. The summed E-state index contributed by atoms with van der Waals surface area (Å²) in [6.45, 7) is 9.75. The predicted octanol–water partition coefficient (Wildman–Crippen LogP) is 5.04. The molecule has 30 heavy (non-hydrogen) atoms. The van der Waals surface area contributed by atoms with Gasteiger partial charge in [0.2, 0.25) is 0 Å². The average Bonchev–Trinajstić information content (AvgIpc) is 3.40. The Morgan fingerprint density at radius 2 is 2.13 bits per heavy atom. The number of aromatic nitrogens is 2. The topological polar surface area (TPSA) is 44.0 Å². The van der Waals surface area contributed by atoms with E-state index in [1.165, 1.54) is 18.5 Å². The first-order chi connectivity index (χ1) is 14.6. The molecule has 0 spiro atoms. The molecule has 1 atom stereocenters. The van der Waals surface area contributed by atoms with E-state index in [1.807, 2.05) is 31.4 Å². The van der Waals surface area contributed by atoms with E-state index in [2.05, 4.69) is 76.2 Å². The number of hydrogen-bond acceptors (Lipinski definition) is 3. The Kier molecular flexibility index (Phi) is 6.26. The number of hydrogen-bond donors (Lipinski definition) is 2. The molecule has 1 fully saturated rings. The summed E-state index contributed by atoms with van der Waals surface area (Å²) in [4.78, 5) is 10.5. The first-order valence-corrected chi connectivity index (χ1v) is 10.6. The van der Waals surface area contributed by atoms with E-state index in [0.717, 1.165) is 46.5 Å². The number of nitrogens with zero attached hydrogens (tertiary/aromatic N) is 2. The van der Waals surface area contributed by atoms with Gasteiger partial charge in [-0.05, 0) is 43.7 Å². The summed E-state index contributed by atoms with van der Waals surface area (Å²) in [5.41, 5.74) is 6.51. The number of aromatic amines is 1. The first-order valence-electron chi connectivity index (χ1n) is 10.6. The molecule has 2 N–H and O–H groups in total. The predicted molar refractivity (Wildman–Crippen MR) is 127 cm³/mol. The molecule has 1 aliphatic heterocycles. The normalized spacial score (nSPS) is 17.9. The van der Waals surface area contributed by atoms with Crippen molar-refractivity contribution < 1.29 is 0 Å². The molecule has 1 saturated heterocycles. The summed E-state index contributed by atoms with van der Waals surface area (Å²) in [5, 5.41) is 4.47. The monoisotopic (exact) mass is 398 g/mol. The van der Waals surface area contributed by atoms with Gasteiger partial charge in [-0.15, -0.1) is 0 Å². The van der Waals surface area contributed by atoms with Gasteiger partial charge < -0.3 is 10.3 Å². The van der Waals surface area contributed by atoms with Crippen LogP contribution >= 0.6 is 0 Å². The van der Waals surface area contributed by atoms with Crippen molar-refractivity contribution in [3.05, 3.63) is 84.6 Å². The molecular formula is C26H30N4. The van der Waals surface area contributed by atoms with Gasteiger partial charge >= 0.3 is 0 Å². The van der Waals surface area contributed by atoms with Gasteiger partial charge in [0.1, 0.15) is 5.65 Å². The highest BCUT2D eigenvalue weighted by molar-refractivity contribution is 5.86. The molecule has 3 heterocycles. The maximum atomic E-state index is 4.60. The van der Waals surface area contributed by atoms with E-state index in [1.54, 1.807) is 0 Å². The third-order valence-corrected chi connectivity index (χ3v) is 5.76. The smallest absolute Gasteiger partial charge is 0.137 e. The second-order valence-corrected chi connectivity index (χ2v) is 8.12. The summed E-state index contributed by atoms with van der Waals surface area (Å²) in [5.74, 6) is 0. The SMILES string of the molecule is C=C(/C=C\C=C(/C)CN1CCC(NC)C1)c1cnc2[nH]c(-c3ccccc3)cc2c1. The van der Waals surface area contributed by atoms with Crippen LogP contribution in [0.4, 0.5) is 0 Å². The number of likely N-dealkylation sites (N-methyl/N-ethyl adjacent to an activating group) is 1. The Morgan fingerprint density at radius 1 is 1.30 bits per heavy atom. The third-order valence-electron chi connectivity index (χ3n) is 5.76. The van der Waals surface area contributed by atoms with Crippen LogP contribution in [-0.4, -0.2) is 47.6 Å². The van der Waals surface area contributed by atoms with Crippen LogP contribution < -0.4 is 5.32 Å². The van der Waals surface area contributed by atoms with E-state index in [-0.39, 0.29) is 0 Å². The second kappa shape index (κ2) is 9.24. The van der Waals surface area contributed by atoms with E-state index in [0.29, 0.717) is 6.04 Å². The third kappa shape index (κ3) is 4.78. The van der Waals surface area contributed by atoms with Crippen molar-refractivity contribution in [3.63, 3.8) is 0 Å². The molecule has 154 valence electrons. The van der Waals surface area contributed by atoms with Crippen LogP contribution in [0.2, 0.25) is 0 Å². The zero-order chi connectivity index (χ0) is 20.9. The molecule has 4 nitrogen and oxygen atoms in total. The minimum atomic E-state index is 0.631. The lowest BCUT2D eigenvalue weighted by molar-refractivity contribution is 0.358. The maximum Gasteiger partial charge on any atom is 0.137 e. The Labute approximate surface area is 179 Å². The molecule has 1 aromatic carbocycles. The van der Waals surface area contributed by atoms with Gasteiger partial charge in [-0.3, -0.25) is 4.90 Å². The molecule has 0 radical (unpaired) electrons. The Hall–Kier alpha value is -2.95. The number of fused-ring (bicyclic) bond motifs is 1. The fourth-order valence-electron chi connectivity index (χ4n) is 4.01. The Balaban J connectivity index is 1.41. The highest BCUT2D eigenvalue weighted by atomic mass is 15.2. The van der Waals surface area contributed by atoms with Crippen molar-refractivity contribution in [2.24, 2.45) is 0 Å². The number of likely N-dealkylation sites (tertiary alicyclic amines) is 1. The van der Waals surface area contributed by atoms with E-state index in [9.17, 15) is 0 Å². The average molecular weight is 399 g/mol. The van der Waals surface area contributed by atoms with Crippen molar-refractivity contribution in [1.29, 1.82) is 0 Å². The standard InChI is InChI=1S/C26H30N4/c1-19(17-30-13-12-24(18-30)27-3)8-7-9-20(2)23-14-22-15-25(29-26(22)28-16-23)21-10-5-4-6-11-21/h4-11,14-16,24,27H,2,12-13,17-18H2,1,3H3,(H,28,29)/b9-7-,19-8+. The van der Waals surface area contributed by atoms with Crippen LogP contribution in [0.25, 0.3) is 27.9 Å². The van der Waals surface area contributed by atoms with Crippen molar-refractivity contribution >= 4 is 16.6 Å². The lowest BCUT2D eigenvalue weighted by Crippen LogP contribution is -2.30. The molecule has 0 aliphatic carbocycles. The van der Waals surface area contributed by atoms with Crippen LogP contribution in [0.15, 0.2) is 79.0 Å². The van der Waals surface area contributed by atoms with E-state index >= 15 is 0 Å². The minimum absolute atomic E-state index is 0.631. The number of pyridine rings is 1. The fraction of sp³-hybridized carbons (Fsp3) is 0.269. The fourth-order valence-corrected chi connectivity index (χ4v) is 4.01. The lowest BCUT2D eigenvalue weighted by Gasteiger charge is -2.15. The molecule has 3 aromatic rings. The Bertz CT molecular complexity index is 1070. The van der Waals surface area contributed by atoms with Gasteiger partial charge in [0.25, 0.3) is 0 Å². The van der Waals surface area contributed by atoms with Gasteiger partial charge in [-0.1, -0.05) is 60.7 Å². The van der Waals surface area contributed by atoms with Crippen LogP contribution in [0.3, 0.4) is 0 Å². The highest BCUT2D eigenvalue weighted by Crippen LogP contribution is 2.25. The largest absolute Gasteiger partial charge is 0.339 e. The van der Waals surface area contributed by atoms with Crippen molar-refractivity contribution in [2.75, 3.05) is 26.7 Å². The summed E-state index contributed by atoms with van der Waals surface area (Å²) in [6.07, 6.45) is 9.47. The molecule has 0 bridgehead atoms. The van der Waals surface area contributed by atoms with Crippen molar-refractivity contribution in [1.82, 2.24) is 20.2 Å². The van der Waals surface area contributed by atoms with Crippen LogP contribution in [0.1, 0.15) is 18.9 Å². The van der Waals surface area contributed by atoms with Gasteiger partial charge in [0, 0.05) is 48.5 Å². The summed E-state index contributed by atoms with van der Waals surface area (Å²) in [6, 6.07) is 15.2. The molecule has 4 heteroatoms. The van der Waals surface area contributed by atoms with Crippen LogP contribution in [0.5, 0.6) is 0 Å². The lowest BCUT2D eigenvalue weighted by atomic mass is 10.1. The first kappa shape index (κ1) is 20.3. The van der Waals surface area contributed by atoms with Crippen molar-refractivity contribution in [2.45, 2.75) is 19.4 Å². The number of nitrogens with one attached hydrogen (secondary N) is 2. The van der Waals surface area contributed by atoms with Gasteiger partial charge in [0.05, 0.1) is 0 Å². The zero-order valence-corrected chi connectivity index (χ0v) is 17.9. The minimum Gasteiger partial charge on any atom is -0.339 e. The second-order valence-electron chi connectivity index (χ2n) is 8.12. The van der Waals surface area contributed by atoms with Crippen molar-refractivity contribution in [3.8, 4) is 11.3 Å². The molecule has 0 amide bonds. The summed E-state index contributed by atoms with van der Waals surface area (Å²) in [7, 11) is 2.05. The van der Waals surface area contributed by atoms with Gasteiger partial charge in [-0.2, -0.15) is 0 Å². The quantitative estimate of drug-likeness (QED) is 0.548. The van der Waals surface area contributed by atoms with Crippen LogP contribution in [0, 0.1) is 0 Å². The van der Waals surface area contributed by atoms with E-state index < -0.39 is 0 Å². The van der Waals surface area contributed by atoms with Gasteiger partial charge in [0.15, 0.2) is 0 Å². The number of rotatable bonds is 7. The summed E-state index contributed by atoms with van der Waals surface area (Å²) < 4.78 is 0. The van der Waals surface area contributed by atoms with E-state index in [4.69, 9.17) is 0 Å². The van der Waals surface area contributed by atoms with Gasteiger partial charge in [-0.25, -0.2) is 4.98 Å². The zero-order valence-electron chi connectivity index (χ0n) is 17.9. The molecule has 0 saturated carbocycles. The number of H-pyrrole nitrogens is 1. The molecule has 4 rings (SSSR count). The van der Waals surface area contributed by atoms with Crippen LogP contribution in [-0.2, 0) is 0 Å².